The molecule has 0 aliphatic heterocycles. The predicted molar refractivity (Wildman–Crippen MR) is 122 cm³/mol. The minimum atomic E-state index is -1.27. The number of nitrogens with one attached hydrogen (secondary N) is 3. The van der Waals surface area contributed by atoms with Crippen molar-refractivity contribution in [3.05, 3.63) is 56.9 Å². The van der Waals surface area contributed by atoms with E-state index in [1.54, 1.807) is 32.9 Å². The highest BCUT2D eigenvalue weighted by Gasteiger charge is 2.17. The molecule has 0 bridgehead atoms. The van der Waals surface area contributed by atoms with Gasteiger partial charge < -0.3 is 20.5 Å². The summed E-state index contributed by atoms with van der Waals surface area (Å²) in [6.45, 7) is 5.48. The van der Waals surface area contributed by atoms with Gasteiger partial charge in [0, 0.05) is 21.4 Å². The van der Waals surface area contributed by atoms with Gasteiger partial charge in [-0.25, -0.2) is 9.18 Å². The molecule has 0 aliphatic carbocycles. The lowest BCUT2D eigenvalue weighted by molar-refractivity contribution is -0.0568. The summed E-state index contributed by atoms with van der Waals surface area (Å²) in [5.41, 5.74) is 3.08. The van der Waals surface area contributed by atoms with E-state index in [-0.39, 0.29) is 18.8 Å². The van der Waals surface area contributed by atoms with Crippen molar-refractivity contribution in [3.8, 4) is 6.07 Å². The molecule has 0 aliphatic rings. The van der Waals surface area contributed by atoms with Gasteiger partial charge in [0.05, 0.1) is 23.9 Å². The van der Waals surface area contributed by atoms with Gasteiger partial charge in [0.25, 0.3) is 0 Å². The van der Waals surface area contributed by atoms with Gasteiger partial charge >= 0.3 is 6.09 Å². The fourth-order valence-corrected chi connectivity index (χ4v) is 2.88. The Morgan fingerprint density at radius 2 is 2.00 bits per heavy atom. The van der Waals surface area contributed by atoms with Gasteiger partial charge in [-0.05, 0) is 73.7 Å². The number of ether oxygens (including phenoxy) is 1. The Kier molecular flexibility index (Phi) is 9.00. The van der Waals surface area contributed by atoms with Gasteiger partial charge in [-0.1, -0.05) is 6.07 Å². The number of rotatable bonds is 8. The van der Waals surface area contributed by atoms with Gasteiger partial charge in [-0.15, -0.1) is 0 Å². The molecule has 10 heteroatoms. The van der Waals surface area contributed by atoms with Crippen LogP contribution in [-0.4, -0.2) is 30.0 Å². The number of hydroxylamine groups is 1. The van der Waals surface area contributed by atoms with Crippen molar-refractivity contribution in [1.29, 1.82) is 5.26 Å². The largest absolute Gasteiger partial charge is 0.444 e. The van der Waals surface area contributed by atoms with E-state index in [4.69, 9.17) is 14.8 Å². The second kappa shape index (κ2) is 11.2. The van der Waals surface area contributed by atoms with Crippen LogP contribution >= 0.6 is 22.6 Å². The summed E-state index contributed by atoms with van der Waals surface area (Å²) in [5.74, 6) is -0.466. The molecule has 31 heavy (non-hydrogen) atoms. The van der Waals surface area contributed by atoms with Crippen LogP contribution < -0.4 is 16.1 Å². The number of aliphatic hydroxyl groups is 1. The number of alkyl carbamates (subject to hydrolysis) is 1. The Bertz CT molecular complexity index is 959. The molecule has 1 unspecified atom stereocenters. The van der Waals surface area contributed by atoms with Gasteiger partial charge in [0.2, 0.25) is 0 Å². The van der Waals surface area contributed by atoms with E-state index >= 15 is 0 Å². The molecule has 0 saturated carbocycles. The molecule has 2 aromatic rings. The third-order valence-electron chi connectivity index (χ3n) is 3.74. The molecule has 0 fully saturated rings. The number of hydrogen-bond donors (Lipinski definition) is 4. The van der Waals surface area contributed by atoms with Crippen LogP contribution in [0.1, 0.15) is 38.1 Å². The number of nitrogens with zero attached hydrogens (tertiary/aromatic N) is 1. The van der Waals surface area contributed by atoms with Gasteiger partial charge in [0.15, 0.2) is 6.23 Å². The van der Waals surface area contributed by atoms with Gasteiger partial charge in [-0.3, -0.25) is 4.84 Å². The lowest BCUT2D eigenvalue weighted by Gasteiger charge is -2.20. The Morgan fingerprint density at radius 1 is 1.26 bits per heavy atom. The third kappa shape index (κ3) is 8.29. The zero-order valence-electron chi connectivity index (χ0n) is 17.3. The quantitative estimate of drug-likeness (QED) is 0.172. The number of nitriles is 1. The number of halogens is 2. The first kappa shape index (κ1) is 24.8. The maximum Gasteiger partial charge on any atom is 0.407 e. The molecule has 0 radical (unpaired) electrons. The average molecular weight is 542 g/mol. The summed E-state index contributed by atoms with van der Waals surface area (Å²) in [7, 11) is 0. The molecule has 1 amide bonds. The van der Waals surface area contributed by atoms with Crippen LogP contribution in [0.3, 0.4) is 0 Å². The molecule has 4 N–H and O–H groups in total. The normalized spacial score (nSPS) is 12.0. The van der Waals surface area contributed by atoms with Gasteiger partial charge in [0.1, 0.15) is 11.4 Å². The van der Waals surface area contributed by atoms with Crippen molar-refractivity contribution in [2.75, 3.05) is 18.5 Å². The topological polar surface area (TPSA) is 116 Å². The first-order chi connectivity index (χ1) is 14.6. The van der Waals surface area contributed by atoms with Crippen molar-refractivity contribution < 1.29 is 23.9 Å². The SMILES string of the molecule is CC(C)(C)OC(=O)NCCONC(O)c1ccc(C#N)cc1Nc1ccc(I)cc1F. The van der Waals surface area contributed by atoms with Crippen LogP contribution in [0.25, 0.3) is 0 Å². The van der Waals surface area contributed by atoms with Crippen LogP contribution in [0.2, 0.25) is 0 Å². The number of carbonyl (C=O) groups excluding carboxylic acids is 1. The molecule has 0 saturated heterocycles. The lowest BCUT2D eigenvalue weighted by atomic mass is 10.1. The Morgan fingerprint density at radius 3 is 2.65 bits per heavy atom. The molecular weight excluding hydrogens is 518 g/mol. The van der Waals surface area contributed by atoms with Gasteiger partial charge in [-0.2, -0.15) is 10.7 Å². The molecule has 0 heterocycles. The van der Waals surface area contributed by atoms with Crippen molar-refractivity contribution in [1.82, 2.24) is 10.8 Å². The minimum Gasteiger partial charge on any atom is -0.444 e. The summed E-state index contributed by atoms with van der Waals surface area (Å²) in [4.78, 5) is 16.8. The zero-order valence-corrected chi connectivity index (χ0v) is 19.5. The van der Waals surface area contributed by atoms with E-state index in [0.717, 1.165) is 3.57 Å². The summed E-state index contributed by atoms with van der Waals surface area (Å²) >= 11 is 2.00. The van der Waals surface area contributed by atoms with Crippen LogP contribution in [0, 0.1) is 20.7 Å². The summed E-state index contributed by atoms with van der Waals surface area (Å²) in [6.07, 6.45) is -1.85. The summed E-state index contributed by atoms with van der Waals surface area (Å²) in [5, 5.41) is 25.0. The van der Waals surface area contributed by atoms with E-state index in [9.17, 15) is 14.3 Å². The van der Waals surface area contributed by atoms with Crippen molar-refractivity contribution in [3.63, 3.8) is 0 Å². The molecule has 0 aromatic heterocycles. The molecule has 2 rings (SSSR count). The van der Waals surface area contributed by atoms with E-state index in [1.807, 2.05) is 28.7 Å². The third-order valence-corrected chi connectivity index (χ3v) is 4.42. The minimum absolute atomic E-state index is 0.0566. The second-order valence-electron chi connectivity index (χ2n) is 7.46. The standard InChI is InChI=1S/C21H24FIN4O4/c1-21(2,3)31-20(29)25-8-9-30-27-19(28)15-6-4-13(12-24)10-18(15)26-17-7-5-14(23)11-16(17)22/h4-7,10-11,19,26-28H,8-9H2,1-3H3,(H,25,29). The molecule has 2 aromatic carbocycles. The molecule has 166 valence electrons. The van der Waals surface area contributed by atoms with E-state index < -0.39 is 23.7 Å². The number of amides is 1. The first-order valence-corrected chi connectivity index (χ1v) is 10.5. The second-order valence-corrected chi connectivity index (χ2v) is 8.71. The highest BCUT2D eigenvalue weighted by atomic mass is 127. The van der Waals surface area contributed by atoms with Crippen LogP contribution in [0.5, 0.6) is 0 Å². The summed E-state index contributed by atoms with van der Waals surface area (Å²) in [6, 6.07) is 11.2. The highest BCUT2D eigenvalue weighted by molar-refractivity contribution is 14.1. The number of aliphatic hydroxyl groups excluding tert-OH is 1. The zero-order chi connectivity index (χ0) is 23.0. The van der Waals surface area contributed by atoms with E-state index in [1.165, 1.54) is 24.3 Å². The van der Waals surface area contributed by atoms with Crippen molar-refractivity contribution in [2.24, 2.45) is 0 Å². The first-order valence-electron chi connectivity index (χ1n) is 9.37. The Balaban J connectivity index is 1.98. The molecule has 1 atom stereocenters. The number of anilines is 2. The fraction of sp³-hybridized carbons (Fsp3) is 0.333. The van der Waals surface area contributed by atoms with Crippen molar-refractivity contribution in [2.45, 2.75) is 32.6 Å². The van der Waals surface area contributed by atoms with Crippen molar-refractivity contribution >= 4 is 40.1 Å². The molecule has 0 spiro atoms. The predicted octanol–water partition coefficient (Wildman–Crippen LogP) is 4.08. The maximum absolute atomic E-state index is 14.2. The highest BCUT2D eigenvalue weighted by Crippen LogP contribution is 2.28. The maximum atomic E-state index is 14.2. The monoisotopic (exact) mass is 542 g/mol. The number of carbonyl (C=O) groups is 1. The number of benzene rings is 2. The van der Waals surface area contributed by atoms with Crippen LogP contribution in [0.15, 0.2) is 36.4 Å². The summed E-state index contributed by atoms with van der Waals surface area (Å²) < 4.78 is 20.1. The number of hydrogen-bond acceptors (Lipinski definition) is 7. The van der Waals surface area contributed by atoms with E-state index in [0.29, 0.717) is 16.8 Å². The van der Waals surface area contributed by atoms with E-state index in [2.05, 4.69) is 16.1 Å². The Hall–Kier alpha value is -2.46. The Labute approximate surface area is 193 Å². The molecular formula is C21H24FIN4O4. The smallest absolute Gasteiger partial charge is 0.407 e. The van der Waals surface area contributed by atoms with Crippen LogP contribution in [-0.2, 0) is 9.57 Å². The lowest BCUT2D eigenvalue weighted by Crippen LogP contribution is -2.35. The van der Waals surface area contributed by atoms with Crippen LogP contribution in [0.4, 0.5) is 20.6 Å². The fourth-order valence-electron chi connectivity index (χ4n) is 2.43. The molecule has 8 nitrogen and oxygen atoms in total. The average Bonchev–Trinajstić information content (AvgIpc) is 2.68.